The highest BCUT2D eigenvalue weighted by molar-refractivity contribution is 5.96. The highest BCUT2D eigenvalue weighted by Gasteiger charge is 2.37. The zero-order chi connectivity index (χ0) is 37.5. The van der Waals surface area contributed by atoms with Crippen LogP contribution in [0, 0.1) is 94.0 Å². The molecule has 0 spiro atoms. The Morgan fingerprint density at radius 1 is 0.442 bits per heavy atom. The van der Waals surface area contributed by atoms with E-state index in [0.29, 0.717) is 0 Å². The maximum Gasteiger partial charge on any atom is 0.270 e. The van der Waals surface area contributed by atoms with Crippen molar-refractivity contribution in [3.05, 3.63) is 150 Å². The molecule has 0 saturated heterocycles. The van der Waals surface area contributed by atoms with Crippen molar-refractivity contribution in [2.24, 2.45) is 0 Å². The monoisotopic (exact) mass is 712 g/mol. The molecule has 0 aliphatic heterocycles. The van der Waals surface area contributed by atoms with Crippen LogP contribution in [0.15, 0.2) is 36.4 Å². The van der Waals surface area contributed by atoms with E-state index in [-0.39, 0.29) is 54.9 Å². The van der Waals surface area contributed by atoms with Crippen LogP contribution in [0.5, 0.6) is 0 Å². The first-order valence-corrected chi connectivity index (χ1v) is 14.6. The van der Waals surface area contributed by atoms with Gasteiger partial charge in [-0.15, -0.1) is 0 Å². The third-order valence-electron chi connectivity index (χ3n) is 9.17. The van der Waals surface area contributed by atoms with E-state index in [1.165, 1.54) is 24.3 Å². The van der Waals surface area contributed by atoms with Crippen LogP contribution in [0.3, 0.4) is 0 Å². The van der Waals surface area contributed by atoms with Crippen LogP contribution in [-0.4, -0.2) is 0 Å². The first-order chi connectivity index (χ1) is 24.8. The molecule has 0 N–H and O–H groups in total. The molecule has 0 heterocycles. The smallest absolute Gasteiger partial charge is 0.226 e. The number of hydrogen-bond donors (Lipinski definition) is 0. The molecule has 0 radical (unpaired) electrons. The fraction of sp³-hybridized carbons (Fsp3) is 0.0526. The number of benzene rings is 5. The maximum absolute atomic E-state index is 15.2. The predicted molar refractivity (Wildman–Crippen MR) is 164 cm³/mol. The van der Waals surface area contributed by atoms with Crippen LogP contribution in [-0.2, 0) is 12.8 Å². The highest BCUT2D eigenvalue weighted by atomic mass is 19.2. The topological polar surface area (TPSA) is 56.3 Å². The number of halogens is 10. The second-order valence-electron chi connectivity index (χ2n) is 11.5. The third-order valence-corrected chi connectivity index (χ3v) is 9.17. The van der Waals surface area contributed by atoms with Crippen LogP contribution in [0.4, 0.5) is 43.9 Å². The Balaban J connectivity index is 1.67. The standard InChI is InChI=1S/C38H10F10N4/c1-51-21(11-49)23-19-9-17-13(5-3-7-15(17)26-29(39)33(43)37(47)34(44)30(26)40)24(19)28(22(12-50)52-2)25-14-6-4-8-16(18(14)10-20(23)25)27-31(41)35(45)38(48)36(46)32(27)42/h3-8H,9-10H2. The van der Waals surface area contributed by atoms with Gasteiger partial charge in [-0.2, -0.15) is 0 Å². The van der Waals surface area contributed by atoms with Gasteiger partial charge >= 0.3 is 0 Å². The van der Waals surface area contributed by atoms with Crippen molar-refractivity contribution in [2.75, 3.05) is 0 Å². The maximum atomic E-state index is 15.2. The van der Waals surface area contributed by atoms with Gasteiger partial charge in [0.1, 0.15) is 0 Å². The van der Waals surface area contributed by atoms with E-state index in [2.05, 4.69) is 9.69 Å². The van der Waals surface area contributed by atoms with Crippen LogP contribution in [0.25, 0.3) is 65.6 Å². The molecule has 0 fully saturated rings. The van der Waals surface area contributed by atoms with Gasteiger partial charge in [-0.1, -0.05) is 36.4 Å². The summed E-state index contributed by atoms with van der Waals surface area (Å²) in [5.41, 5.74) is -4.69. The number of fused-ring (bicyclic) bond motifs is 6. The molecule has 252 valence electrons. The lowest BCUT2D eigenvalue weighted by Gasteiger charge is -2.14. The summed E-state index contributed by atoms with van der Waals surface area (Å²) >= 11 is 0. The predicted octanol–water partition coefficient (Wildman–Crippen LogP) is 8.66. The Kier molecular flexibility index (Phi) is 7.66. The Hall–Kier alpha value is -6.90. The molecule has 7 rings (SSSR count). The van der Waals surface area contributed by atoms with Gasteiger partial charge in [0.25, 0.3) is 11.4 Å². The van der Waals surface area contributed by atoms with Crippen LogP contribution < -0.4 is 10.4 Å². The van der Waals surface area contributed by atoms with Crippen molar-refractivity contribution in [1.82, 2.24) is 0 Å². The van der Waals surface area contributed by atoms with Crippen molar-refractivity contribution >= 4 is 11.4 Å². The molecular formula is C38H10F10N4. The second kappa shape index (κ2) is 11.9. The zero-order valence-electron chi connectivity index (χ0n) is 25.4. The molecule has 2 aliphatic carbocycles. The second-order valence-corrected chi connectivity index (χ2v) is 11.5. The van der Waals surface area contributed by atoms with Crippen molar-refractivity contribution in [1.29, 1.82) is 10.5 Å². The molecule has 0 aromatic heterocycles. The zero-order valence-corrected chi connectivity index (χ0v) is 25.4. The highest BCUT2D eigenvalue weighted by Crippen LogP contribution is 2.47. The van der Waals surface area contributed by atoms with E-state index >= 15 is 17.6 Å². The van der Waals surface area contributed by atoms with Gasteiger partial charge < -0.3 is 0 Å². The van der Waals surface area contributed by atoms with E-state index in [0.717, 1.165) is 12.1 Å². The summed E-state index contributed by atoms with van der Waals surface area (Å²) in [6.45, 7) is 15.6. The van der Waals surface area contributed by atoms with Crippen LogP contribution >= 0.6 is 0 Å². The summed E-state index contributed by atoms with van der Waals surface area (Å²) in [5, 5.41) is 19.9. The van der Waals surface area contributed by atoms with Gasteiger partial charge in [0.05, 0.1) is 36.4 Å². The first-order valence-electron chi connectivity index (χ1n) is 14.6. The van der Waals surface area contributed by atoms with E-state index in [1.807, 2.05) is 0 Å². The van der Waals surface area contributed by atoms with Crippen LogP contribution in [0.1, 0.15) is 22.3 Å². The largest absolute Gasteiger partial charge is 0.270 e. The summed E-state index contributed by atoms with van der Waals surface area (Å²) in [6, 6.07) is 10.8. The van der Waals surface area contributed by atoms with Crippen molar-refractivity contribution in [3.8, 4) is 56.6 Å². The van der Waals surface area contributed by atoms with Gasteiger partial charge in [-0.25, -0.2) is 64.1 Å². The molecular weight excluding hydrogens is 702 g/mol. The Morgan fingerprint density at radius 3 is 1.04 bits per heavy atom. The summed E-state index contributed by atoms with van der Waals surface area (Å²) in [4.78, 5) is 6.63. The minimum absolute atomic E-state index is 0.0205. The van der Waals surface area contributed by atoms with Crippen molar-refractivity contribution in [2.45, 2.75) is 12.8 Å². The van der Waals surface area contributed by atoms with Gasteiger partial charge in [-0.05, 0) is 73.7 Å². The Labute approximate surface area is 285 Å². The fourth-order valence-electron chi connectivity index (χ4n) is 7.13. The average molecular weight is 713 g/mol. The molecule has 0 saturated carbocycles. The molecule has 5 aromatic rings. The Morgan fingerprint density at radius 2 is 0.731 bits per heavy atom. The van der Waals surface area contributed by atoms with E-state index < -0.39 is 105 Å². The molecule has 4 nitrogen and oxygen atoms in total. The number of nitrogens with zero attached hydrogens (tertiary/aromatic N) is 4. The summed E-state index contributed by atoms with van der Waals surface area (Å²) in [5.74, 6) is -22.2. The van der Waals surface area contributed by atoms with E-state index in [4.69, 9.17) is 13.1 Å². The normalized spacial score (nSPS) is 11.8. The van der Waals surface area contributed by atoms with Gasteiger partial charge in [0.15, 0.2) is 46.5 Å². The van der Waals surface area contributed by atoms with Gasteiger partial charge in [0.2, 0.25) is 11.6 Å². The Bertz CT molecular complexity index is 2610. The quantitative estimate of drug-likeness (QED) is 0.0780. The van der Waals surface area contributed by atoms with Gasteiger partial charge in [-0.3, -0.25) is 0 Å². The van der Waals surface area contributed by atoms with E-state index in [9.17, 15) is 36.9 Å². The summed E-state index contributed by atoms with van der Waals surface area (Å²) < 4.78 is 146. The van der Waals surface area contributed by atoms with E-state index in [1.54, 1.807) is 12.1 Å². The lowest BCUT2D eigenvalue weighted by atomic mass is 9.90. The third kappa shape index (κ3) is 4.31. The minimum Gasteiger partial charge on any atom is -0.226 e. The average Bonchev–Trinajstić information content (AvgIpc) is 3.73. The lowest BCUT2D eigenvalue weighted by molar-refractivity contribution is 0.381. The number of rotatable bonds is 2. The molecule has 14 heteroatoms. The molecule has 52 heavy (non-hydrogen) atoms. The lowest BCUT2D eigenvalue weighted by Crippen LogP contribution is -2.25. The van der Waals surface area contributed by atoms with Crippen LogP contribution in [0.2, 0.25) is 0 Å². The molecule has 0 unspecified atom stereocenters. The van der Waals surface area contributed by atoms with Crippen molar-refractivity contribution < 1.29 is 43.9 Å². The first kappa shape index (κ1) is 33.6. The fourth-order valence-corrected chi connectivity index (χ4v) is 7.13. The molecule has 0 bridgehead atoms. The SMILES string of the molecule is [C-]#[N+]C(C#N)=c1c2c(c(=C(C#N)[N+]#[C-])c3c1Cc1c(-c4c(F)c(F)c(F)c(F)c4F)cccc1-3)-c1cccc(-c3c(F)c(F)c(F)c(F)c3F)c1C2. The van der Waals surface area contributed by atoms with Crippen molar-refractivity contribution in [3.63, 3.8) is 0 Å². The number of hydrogen-bond acceptors (Lipinski definition) is 2. The minimum atomic E-state index is -2.39. The molecule has 2 aliphatic rings. The summed E-state index contributed by atoms with van der Waals surface area (Å²) in [6.07, 6.45) is -0.873. The summed E-state index contributed by atoms with van der Waals surface area (Å²) in [7, 11) is 0. The molecule has 0 amide bonds. The molecule has 0 atom stereocenters. The molecule has 5 aromatic carbocycles. The number of nitriles is 2. The van der Waals surface area contributed by atoms with Gasteiger partial charge in [0, 0.05) is 5.22 Å².